The number of aromatic nitrogens is 1. The van der Waals surface area contributed by atoms with Gasteiger partial charge in [0, 0.05) is 17.0 Å². The van der Waals surface area contributed by atoms with Crippen LogP contribution in [-0.2, 0) is 14.8 Å². The standard InChI is InChI=1S/C23H25FN4O3S/c1-16-9-5-7-11-21(16)27(32(4,30)31)15-23(29)26-25-14-19-13-17(2)28(18(19)3)22-12-8-6-10-20(22)24/h5-14H,15H2,1-4H3,(H,26,29)/b25-14-. The third-order valence-corrected chi connectivity index (χ3v) is 6.15. The summed E-state index contributed by atoms with van der Waals surface area (Å²) in [7, 11) is -3.67. The lowest BCUT2D eigenvalue weighted by molar-refractivity contribution is -0.119. The zero-order valence-corrected chi connectivity index (χ0v) is 19.1. The number of aryl methyl sites for hydroxylation is 2. The molecular formula is C23H25FN4O3S. The lowest BCUT2D eigenvalue weighted by Gasteiger charge is -2.23. The van der Waals surface area contributed by atoms with E-state index in [4.69, 9.17) is 0 Å². The Kier molecular flexibility index (Phi) is 6.78. The largest absolute Gasteiger partial charge is 0.315 e. The SMILES string of the molecule is Cc1ccccc1N(CC(=O)N/N=C\c1cc(C)n(-c2ccccc2F)c1C)S(C)(=O)=O. The molecule has 0 aliphatic carbocycles. The van der Waals surface area contributed by atoms with Crippen molar-refractivity contribution in [3.8, 4) is 5.69 Å². The smallest absolute Gasteiger partial charge is 0.260 e. The predicted molar refractivity (Wildman–Crippen MR) is 124 cm³/mol. The third-order valence-electron chi connectivity index (χ3n) is 5.03. The number of carbonyl (C=O) groups is 1. The zero-order valence-electron chi connectivity index (χ0n) is 18.3. The average Bonchev–Trinajstić information content (AvgIpc) is 3.00. The monoisotopic (exact) mass is 456 g/mol. The van der Waals surface area contributed by atoms with Gasteiger partial charge in [0.05, 0.1) is 23.8 Å². The molecule has 0 radical (unpaired) electrons. The van der Waals surface area contributed by atoms with E-state index in [1.165, 1.54) is 12.3 Å². The number of benzene rings is 2. The maximum absolute atomic E-state index is 14.2. The van der Waals surface area contributed by atoms with E-state index in [1.54, 1.807) is 54.0 Å². The molecule has 1 heterocycles. The Morgan fingerprint density at radius 2 is 1.78 bits per heavy atom. The van der Waals surface area contributed by atoms with Gasteiger partial charge in [-0.1, -0.05) is 30.3 Å². The number of halogens is 1. The number of sulfonamides is 1. The third kappa shape index (κ3) is 5.05. The van der Waals surface area contributed by atoms with Crippen LogP contribution in [0.2, 0.25) is 0 Å². The Morgan fingerprint density at radius 3 is 2.44 bits per heavy atom. The number of rotatable bonds is 7. The number of nitrogens with zero attached hydrogens (tertiary/aromatic N) is 3. The number of amides is 1. The van der Waals surface area contributed by atoms with E-state index in [9.17, 15) is 17.6 Å². The molecule has 0 spiro atoms. The number of hydrogen-bond acceptors (Lipinski definition) is 4. The molecule has 0 fully saturated rings. The summed E-state index contributed by atoms with van der Waals surface area (Å²) in [6, 6.07) is 15.2. The fourth-order valence-electron chi connectivity index (χ4n) is 3.49. The molecule has 0 aliphatic heterocycles. The first-order chi connectivity index (χ1) is 15.1. The van der Waals surface area contributed by atoms with Gasteiger partial charge < -0.3 is 4.57 Å². The van der Waals surface area contributed by atoms with E-state index in [-0.39, 0.29) is 5.82 Å². The average molecular weight is 457 g/mol. The highest BCUT2D eigenvalue weighted by molar-refractivity contribution is 7.92. The summed E-state index contributed by atoms with van der Waals surface area (Å²) < 4.78 is 41.5. The van der Waals surface area contributed by atoms with E-state index in [2.05, 4.69) is 10.5 Å². The second-order valence-corrected chi connectivity index (χ2v) is 9.37. The molecule has 168 valence electrons. The predicted octanol–water partition coefficient (Wildman–Crippen LogP) is 3.46. The molecule has 0 bridgehead atoms. The van der Waals surface area contributed by atoms with Crippen LogP contribution in [0.25, 0.3) is 5.69 Å². The van der Waals surface area contributed by atoms with Gasteiger partial charge in [0.25, 0.3) is 5.91 Å². The molecule has 1 amide bonds. The number of carbonyl (C=O) groups excluding carboxylic acids is 1. The van der Waals surface area contributed by atoms with Gasteiger partial charge in [0.2, 0.25) is 10.0 Å². The molecule has 1 aromatic heterocycles. The number of anilines is 1. The highest BCUT2D eigenvalue weighted by Gasteiger charge is 2.22. The Hall–Kier alpha value is -3.46. The van der Waals surface area contributed by atoms with Crippen LogP contribution in [0.5, 0.6) is 0 Å². The van der Waals surface area contributed by atoms with Crippen LogP contribution in [0.15, 0.2) is 59.7 Å². The van der Waals surface area contributed by atoms with Crippen LogP contribution < -0.4 is 9.73 Å². The van der Waals surface area contributed by atoms with Crippen molar-refractivity contribution in [2.75, 3.05) is 17.1 Å². The second kappa shape index (κ2) is 9.35. The molecule has 2 aromatic carbocycles. The molecular weight excluding hydrogens is 431 g/mol. The van der Waals surface area contributed by atoms with E-state index >= 15 is 0 Å². The van der Waals surface area contributed by atoms with Gasteiger partial charge in [-0.15, -0.1) is 0 Å². The van der Waals surface area contributed by atoms with Gasteiger partial charge in [-0.25, -0.2) is 18.2 Å². The second-order valence-electron chi connectivity index (χ2n) is 7.46. The van der Waals surface area contributed by atoms with E-state index in [1.807, 2.05) is 19.9 Å². The first kappa shape index (κ1) is 23.2. The van der Waals surface area contributed by atoms with Gasteiger partial charge in [-0.05, 0) is 50.6 Å². The fraction of sp³-hybridized carbons (Fsp3) is 0.217. The van der Waals surface area contributed by atoms with Crippen molar-refractivity contribution in [2.24, 2.45) is 5.10 Å². The summed E-state index contributed by atoms with van der Waals surface area (Å²) in [6.45, 7) is 5.04. The van der Waals surface area contributed by atoms with Crippen molar-refractivity contribution >= 4 is 27.8 Å². The summed E-state index contributed by atoms with van der Waals surface area (Å²) in [5.41, 5.74) is 6.22. The fourth-order valence-corrected chi connectivity index (χ4v) is 4.40. The number of hydrazone groups is 1. The first-order valence-electron chi connectivity index (χ1n) is 9.88. The summed E-state index contributed by atoms with van der Waals surface area (Å²) in [5.74, 6) is -0.930. The number of para-hydroxylation sites is 2. The summed E-state index contributed by atoms with van der Waals surface area (Å²) in [6.07, 6.45) is 2.50. The van der Waals surface area contributed by atoms with E-state index in [0.717, 1.165) is 27.5 Å². The molecule has 7 nitrogen and oxygen atoms in total. The highest BCUT2D eigenvalue weighted by Crippen LogP contribution is 2.23. The Balaban J connectivity index is 1.76. The Labute approximate surface area is 187 Å². The molecule has 3 aromatic rings. The topological polar surface area (TPSA) is 83.8 Å². The number of hydrogen-bond donors (Lipinski definition) is 1. The molecule has 0 saturated heterocycles. The lowest BCUT2D eigenvalue weighted by Crippen LogP contribution is -2.39. The van der Waals surface area contributed by atoms with E-state index < -0.39 is 22.5 Å². The van der Waals surface area contributed by atoms with E-state index in [0.29, 0.717) is 16.9 Å². The maximum atomic E-state index is 14.2. The van der Waals surface area contributed by atoms with Crippen LogP contribution in [0, 0.1) is 26.6 Å². The van der Waals surface area contributed by atoms with Crippen LogP contribution in [0.4, 0.5) is 10.1 Å². The molecule has 0 atom stereocenters. The van der Waals surface area contributed by atoms with Crippen LogP contribution in [0.1, 0.15) is 22.5 Å². The quantitative estimate of drug-likeness (QED) is 0.437. The van der Waals surface area contributed by atoms with Crippen molar-refractivity contribution in [1.29, 1.82) is 0 Å². The minimum atomic E-state index is -3.67. The maximum Gasteiger partial charge on any atom is 0.260 e. The molecule has 0 unspecified atom stereocenters. The van der Waals surface area contributed by atoms with Crippen LogP contribution in [-0.4, -0.2) is 37.9 Å². The number of nitrogens with one attached hydrogen (secondary N) is 1. The summed E-state index contributed by atoms with van der Waals surface area (Å²) >= 11 is 0. The van der Waals surface area contributed by atoms with Gasteiger partial charge in [0.15, 0.2) is 0 Å². The van der Waals surface area contributed by atoms with Crippen LogP contribution >= 0.6 is 0 Å². The normalized spacial score (nSPS) is 11.7. The zero-order chi connectivity index (χ0) is 23.5. The minimum Gasteiger partial charge on any atom is -0.315 e. The minimum absolute atomic E-state index is 0.344. The van der Waals surface area contributed by atoms with Crippen molar-refractivity contribution in [3.05, 3.63) is 82.9 Å². The van der Waals surface area contributed by atoms with Crippen molar-refractivity contribution in [1.82, 2.24) is 9.99 Å². The molecule has 3 rings (SSSR count). The van der Waals surface area contributed by atoms with Crippen molar-refractivity contribution < 1.29 is 17.6 Å². The Bertz CT molecular complexity index is 1280. The summed E-state index contributed by atoms with van der Waals surface area (Å²) in [4.78, 5) is 12.4. The highest BCUT2D eigenvalue weighted by atomic mass is 32.2. The molecule has 0 aliphatic rings. The molecule has 9 heteroatoms. The molecule has 0 saturated carbocycles. The molecule has 32 heavy (non-hydrogen) atoms. The van der Waals surface area contributed by atoms with Crippen molar-refractivity contribution in [3.63, 3.8) is 0 Å². The van der Waals surface area contributed by atoms with Gasteiger partial charge >= 0.3 is 0 Å². The molecule has 1 N–H and O–H groups in total. The van der Waals surface area contributed by atoms with Crippen LogP contribution in [0.3, 0.4) is 0 Å². The lowest BCUT2D eigenvalue weighted by atomic mass is 10.2. The first-order valence-corrected chi connectivity index (χ1v) is 11.7. The van der Waals surface area contributed by atoms with Gasteiger partial charge in [-0.2, -0.15) is 5.10 Å². The van der Waals surface area contributed by atoms with Gasteiger partial charge in [0.1, 0.15) is 12.4 Å². The summed E-state index contributed by atoms with van der Waals surface area (Å²) in [5, 5.41) is 3.97. The Morgan fingerprint density at radius 1 is 1.12 bits per heavy atom. The van der Waals surface area contributed by atoms with Gasteiger partial charge in [-0.3, -0.25) is 9.10 Å². The van der Waals surface area contributed by atoms with Crippen molar-refractivity contribution in [2.45, 2.75) is 20.8 Å².